The van der Waals surface area contributed by atoms with Crippen LogP contribution in [0.4, 0.5) is 0 Å². The molecule has 0 aliphatic carbocycles. The van der Waals surface area contributed by atoms with Crippen LogP contribution in [0.5, 0.6) is 0 Å². The van der Waals surface area contributed by atoms with Crippen LogP contribution in [0.3, 0.4) is 0 Å². The monoisotopic (exact) mass is 412 g/mol. The van der Waals surface area contributed by atoms with Gasteiger partial charge in [0, 0.05) is 20.4 Å². The average Bonchev–Trinajstić information content (AvgIpc) is 2.24. The van der Waals surface area contributed by atoms with Gasteiger partial charge in [-0.05, 0) is 38.6 Å². The molecule has 1 aromatic carbocycles. The molecule has 0 aliphatic heterocycles. The number of rotatable bonds is 3. The Bertz CT molecular complexity index is 435. The Morgan fingerprint density at radius 1 is 0.682 bits per heavy atom. The van der Waals surface area contributed by atoms with Gasteiger partial charge in [0.25, 0.3) is 0 Å². The molecular formula is C20H35PPd. The maximum Gasteiger partial charge on any atom is 0 e. The molecule has 0 radical (unpaired) electrons. The van der Waals surface area contributed by atoms with Gasteiger partial charge in [0.05, 0.1) is 0 Å². The molecule has 0 heterocycles. The van der Waals surface area contributed by atoms with Crippen molar-refractivity contribution in [2.24, 2.45) is 0 Å². The van der Waals surface area contributed by atoms with E-state index in [0.717, 1.165) is 0 Å². The van der Waals surface area contributed by atoms with E-state index in [4.69, 9.17) is 0 Å². The second kappa shape index (κ2) is 7.92. The van der Waals surface area contributed by atoms with Gasteiger partial charge >= 0.3 is 0 Å². The molecule has 0 atom stereocenters. The Labute approximate surface area is 154 Å². The SMILES string of the molecule is CC(C)c1cc(C(C)C)cc(P(C(C)(C)C)C(C)(C)C)c1.[Pd]. The quantitative estimate of drug-likeness (QED) is 0.386. The van der Waals surface area contributed by atoms with Crippen LogP contribution < -0.4 is 5.30 Å². The summed E-state index contributed by atoms with van der Waals surface area (Å²) in [5.41, 5.74) is 2.99. The van der Waals surface area contributed by atoms with Crippen LogP contribution >= 0.6 is 7.92 Å². The van der Waals surface area contributed by atoms with Crippen LogP contribution in [0.2, 0.25) is 0 Å². The van der Waals surface area contributed by atoms with Crippen molar-refractivity contribution >= 4 is 13.2 Å². The van der Waals surface area contributed by atoms with Crippen LogP contribution in [0.15, 0.2) is 18.2 Å². The minimum atomic E-state index is -0.220. The maximum absolute atomic E-state index is 2.48. The van der Waals surface area contributed by atoms with Crippen LogP contribution in [0.25, 0.3) is 0 Å². The summed E-state index contributed by atoms with van der Waals surface area (Å²) in [4.78, 5) is 0. The van der Waals surface area contributed by atoms with E-state index in [-0.39, 0.29) is 28.3 Å². The summed E-state index contributed by atoms with van der Waals surface area (Å²) in [5.74, 6) is 1.19. The fraction of sp³-hybridized carbons (Fsp3) is 0.700. The van der Waals surface area contributed by atoms with Crippen molar-refractivity contribution in [3.63, 3.8) is 0 Å². The smallest absolute Gasteiger partial charge is 0 e. The first-order valence-electron chi connectivity index (χ1n) is 8.29. The largest absolute Gasteiger partial charge is 0.0643 e. The van der Waals surface area contributed by atoms with E-state index in [9.17, 15) is 0 Å². The Morgan fingerprint density at radius 3 is 1.23 bits per heavy atom. The molecular weight excluding hydrogens is 378 g/mol. The van der Waals surface area contributed by atoms with Gasteiger partial charge in [0.15, 0.2) is 0 Å². The summed E-state index contributed by atoms with van der Waals surface area (Å²) in [5, 5.41) is 2.24. The molecule has 1 aromatic rings. The standard InChI is InChI=1S/C20H35P.Pd/c1-14(2)16-11-17(15(3)4)13-18(12-16)21(19(5,6)7)20(8,9)10;/h11-15H,1-10H3;. The van der Waals surface area contributed by atoms with Gasteiger partial charge in [-0.3, -0.25) is 0 Å². The van der Waals surface area contributed by atoms with Gasteiger partial charge < -0.3 is 0 Å². The maximum atomic E-state index is 2.48. The topological polar surface area (TPSA) is 0 Å². The summed E-state index contributed by atoms with van der Waals surface area (Å²) >= 11 is 0. The van der Waals surface area contributed by atoms with Crippen LogP contribution in [0, 0.1) is 0 Å². The van der Waals surface area contributed by atoms with Crippen molar-refractivity contribution in [2.75, 3.05) is 0 Å². The first kappa shape index (κ1) is 22.3. The van der Waals surface area contributed by atoms with Crippen LogP contribution in [0.1, 0.15) is 92.2 Å². The van der Waals surface area contributed by atoms with E-state index in [1.54, 1.807) is 5.30 Å². The molecule has 0 nitrogen and oxygen atoms in total. The minimum absolute atomic E-state index is 0. The normalized spacial score (nSPS) is 13.0. The van der Waals surface area contributed by atoms with Gasteiger partial charge in [-0.15, -0.1) is 0 Å². The Kier molecular flexibility index (Phi) is 8.04. The first-order valence-corrected chi connectivity index (χ1v) is 9.63. The molecule has 0 aromatic heterocycles. The molecule has 130 valence electrons. The molecule has 0 saturated heterocycles. The van der Waals surface area contributed by atoms with Crippen molar-refractivity contribution in [3.05, 3.63) is 29.3 Å². The summed E-state index contributed by atoms with van der Waals surface area (Å²) in [6.45, 7) is 23.6. The molecule has 0 aliphatic rings. The molecule has 0 amide bonds. The second-order valence-corrected chi connectivity index (χ2v) is 12.7. The Hall–Kier alpha value is 0.312. The van der Waals surface area contributed by atoms with Crippen molar-refractivity contribution in [3.8, 4) is 0 Å². The molecule has 0 N–H and O–H groups in total. The second-order valence-electron chi connectivity index (χ2n) is 8.84. The summed E-state index contributed by atoms with van der Waals surface area (Å²) in [7, 11) is -0.220. The van der Waals surface area contributed by atoms with E-state index in [0.29, 0.717) is 22.1 Å². The Balaban J connectivity index is 0.00000441. The van der Waals surface area contributed by atoms with E-state index >= 15 is 0 Å². The molecule has 2 heteroatoms. The molecule has 1 rings (SSSR count). The third kappa shape index (κ3) is 5.75. The summed E-state index contributed by atoms with van der Waals surface area (Å²) < 4.78 is 0. The third-order valence-electron chi connectivity index (χ3n) is 3.90. The van der Waals surface area contributed by atoms with Crippen molar-refractivity contribution < 1.29 is 20.4 Å². The zero-order valence-electron chi connectivity index (χ0n) is 16.2. The van der Waals surface area contributed by atoms with E-state index in [1.807, 2.05) is 0 Å². The average molecular weight is 413 g/mol. The molecule has 0 bridgehead atoms. The number of hydrogen-bond donors (Lipinski definition) is 0. The van der Waals surface area contributed by atoms with Crippen LogP contribution in [-0.4, -0.2) is 10.3 Å². The molecule has 0 fully saturated rings. The Morgan fingerprint density at radius 2 is 1.00 bits per heavy atom. The van der Waals surface area contributed by atoms with Gasteiger partial charge in [-0.2, -0.15) is 0 Å². The predicted molar refractivity (Wildman–Crippen MR) is 101 cm³/mol. The van der Waals surface area contributed by atoms with Gasteiger partial charge in [0.2, 0.25) is 0 Å². The first-order chi connectivity index (χ1) is 9.34. The van der Waals surface area contributed by atoms with Crippen molar-refractivity contribution in [2.45, 2.75) is 91.4 Å². The predicted octanol–water partition coefficient (Wildman–Crippen LogP) is 6.64. The molecule has 0 unspecified atom stereocenters. The fourth-order valence-corrected chi connectivity index (χ4v) is 7.35. The van der Waals surface area contributed by atoms with Crippen molar-refractivity contribution in [1.82, 2.24) is 0 Å². The number of hydrogen-bond acceptors (Lipinski definition) is 0. The third-order valence-corrected chi connectivity index (χ3v) is 7.35. The van der Waals surface area contributed by atoms with Gasteiger partial charge in [-0.1, -0.05) is 95.4 Å². The van der Waals surface area contributed by atoms with Crippen LogP contribution in [-0.2, 0) is 20.4 Å². The molecule has 0 saturated carbocycles. The van der Waals surface area contributed by atoms with E-state index in [1.165, 1.54) is 11.1 Å². The van der Waals surface area contributed by atoms with Gasteiger partial charge in [0.1, 0.15) is 0 Å². The minimum Gasteiger partial charge on any atom is -0.0643 e. The zero-order valence-corrected chi connectivity index (χ0v) is 18.6. The number of benzene rings is 1. The van der Waals surface area contributed by atoms with E-state index < -0.39 is 0 Å². The van der Waals surface area contributed by atoms with E-state index in [2.05, 4.69) is 87.4 Å². The van der Waals surface area contributed by atoms with Gasteiger partial charge in [-0.25, -0.2) is 0 Å². The zero-order chi connectivity index (χ0) is 16.6. The summed E-state index contributed by atoms with van der Waals surface area (Å²) in [6, 6.07) is 7.38. The van der Waals surface area contributed by atoms with Crippen molar-refractivity contribution in [1.29, 1.82) is 0 Å². The fourth-order valence-electron chi connectivity index (χ4n) is 3.24. The molecule has 0 spiro atoms. The molecule has 22 heavy (non-hydrogen) atoms. The summed E-state index contributed by atoms with van der Waals surface area (Å²) in [6.07, 6.45) is 0.